The highest BCUT2D eigenvalue weighted by Crippen LogP contribution is 2.35. The van der Waals surface area contributed by atoms with E-state index < -0.39 is 0 Å². The van der Waals surface area contributed by atoms with E-state index in [0.717, 1.165) is 5.56 Å². The molecule has 0 aliphatic carbocycles. The molecular formula is C17H11Cl2NO2S2. The third-order valence-corrected chi connectivity index (χ3v) is 5.21. The number of furan rings is 1. The van der Waals surface area contributed by atoms with Gasteiger partial charge >= 0.3 is 0 Å². The van der Waals surface area contributed by atoms with E-state index in [1.54, 1.807) is 42.5 Å². The Kier molecular flexibility index (Phi) is 5.15. The molecule has 0 saturated carbocycles. The molecule has 2 aromatic rings. The van der Waals surface area contributed by atoms with Gasteiger partial charge < -0.3 is 4.42 Å². The topological polar surface area (TPSA) is 33.5 Å². The molecule has 1 aromatic heterocycles. The lowest BCUT2D eigenvalue weighted by molar-refractivity contribution is -0.121. The van der Waals surface area contributed by atoms with Crippen molar-refractivity contribution in [3.63, 3.8) is 0 Å². The summed E-state index contributed by atoms with van der Waals surface area (Å²) < 4.78 is 6.29. The van der Waals surface area contributed by atoms with Gasteiger partial charge in [-0.15, -0.1) is 6.58 Å². The summed E-state index contributed by atoms with van der Waals surface area (Å²) in [6.45, 7) is 4.03. The van der Waals surface area contributed by atoms with Gasteiger partial charge in [0.15, 0.2) is 0 Å². The molecule has 122 valence electrons. The summed E-state index contributed by atoms with van der Waals surface area (Å²) in [7, 11) is 0. The van der Waals surface area contributed by atoms with Crippen LogP contribution in [0.5, 0.6) is 0 Å². The summed E-state index contributed by atoms with van der Waals surface area (Å²) in [5.41, 5.74) is 0.736. The number of hydrogen-bond acceptors (Lipinski definition) is 4. The standard InChI is InChI=1S/C17H11Cl2NO2S2/c1-2-7-20-16(21)15(24-17(20)23)9-11-4-6-14(22-11)12-5-3-10(18)8-13(12)19/h2-6,8-9H,1,7H2/b15-9-. The number of benzene rings is 1. The Morgan fingerprint density at radius 2 is 2.08 bits per heavy atom. The fourth-order valence-electron chi connectivity index (χ4n) is 2.18. The van der Waals surface area contributed by atoms with Crippen LogP contribution in [0.2, 0.25) is 10.0 Å². The predicted molar refractivity (Wildman–Crippen MR) is 104 cm³/mol. The van der Waals surface area contributed by atoms with Gasteiger partial charge in [0.05, 0.1) is 9.93 Å². The minimum atomic E-state index is -0.146. The molecule has 0 radical (unpaired) electrons. The van der Waals surface area contributed by atoms with E-state index in [4.69, 9.17) is 39.8 Å². The average Bonchev–Trinajstić information content (AvgIpc) is 3.08. The molecule has 1 amide bonds. The van der Waals surface area contributed by atoms with Crippen LogP contribution >= 0.6 is 47.2 Å². The van der Waals surface area contributed by atoms with Gasteiger partial charge in [0.25, 0.3) is 5.91 Å². The van der Waals surface area contributed by atoms with Crippen LogP contribution in [-0.2, 0) is 4.79 Å². The van der Waals surface area contributed by atoms with Gasteiger partial charge in [-0.3, -0.25) is 9.69 Å². The number of halogens is 2. The molecule has 1 aliphatic rings. The van der Waals surface area contributed by atoms with Crippen molar-refractivity contribution in [2.75, 3.05) is 6.54 Å². The molecule has 3 rings (SSSR count). The van der Waals surface area contributed by atoms with E-state index in [9.17, 15) is 4.79 Å². The van der Waals surface area contributed by atoms with Crippen LogP contribution < -0.4 is 0 Å². The predicted octanol–water partition coefficient (Wildman–Crippen LogP) is 5.64. The van der Waals surface area contributed by atoms with Crippen molar-refractivity contribution in [3.8, 4) is 11.3 Å². The largest absolute Gasteiger partial charge is 0.457 e. The number of thiocarbonyl (C=S) groups is 1. The minimum Gasteiger partial charge on any atom is -0.457 e. The Hall–Kier alpha value is -1.53. The average molecular weight is 396 g/mol. The van der Waals surface area contributed by atoms with E-state index in [2.05, 4.69) is 6.58 Å². The van der Waals surface area contributed by atoms with Gasteiger partial charge in [-0.25, -0.2) is 0 Å². The molecule has 0 atom stereocenters. The second-order valence-electron chi connectivity index (χ2n) is 4.91. The molecule has 1 saturated heterocycles. The van der Waals surface area contributed by atoms with Gasteiger partial charge in [0.2, 0.25) is 0 Å². The first-order chi connectivity index (χ1) is 11.5. The number of hydrogen-bond donors (Lipinski definition) is 0. The maximum absolute atomic E-state index is 12.3. The first kappa shape index (κ1) is 17.3. The fraction of sp³-hybridized carbons (Fsp3) is 0.0588. The number of carbonyl (C=O) groups is 1. The third kappa shape index (κ3) is 3.44. The van der Waals surface area contributed by atoms with Crippen LogP contribution in [0.25, 0.3) is 17.4 Å². The normalized spacial score (nSPS) is 16.2. The number of amides is 1. The molecule has 0 bridgehead atoms. The molecule has 24 heavy (non-hydrogen) atoms. The molecule has 2 heterocycles. The molecule has 1 fully saturated rings. The zero-order chi connectivity index (χ0) is 17.3. The Bertz CT molecular complexity index is 873. The summed E-state index contributed by atoms with van der Waals surface area (Å²) in [5.74, 6) is 1.01. The maximum atomic E-state index is 12.3. The number of thioether (sulfide) groups is 1. The lowest BCUT2D eigenvalue weighted by Gasteiger charge is -2.10. The Balaban J connectivity index is 1.88. The van der Waals surface area contributed by atoms with Crippen molar-refractivity contribution in [1.29, 1.82) is 0 Å². The highest BCUT2D eigenvalue weighted by atomic mass is 35.5. The summed E-state index contributed by atoms with van der Waals surface area (Å²) in [6.07, 6.45) is 3.32. The maximum Gasteiger partial charge on any atom is 0.266 e. The van der Waals surface area contributed by atoms with Crippen molar-refractivity contribution in [2.45, 2.75) is 0 Å². The molecule has 0 unspecified atom stereocenters. The second-order valence-corrected chi connectivity index (χ2v) is 7.43. The summed E-state index contributed by atoms with van der Waals surface area (Å²) in [6, 6.07) is 8.76. The van der Waals surface area contributed by atoms with Crippen LogP contribution in [0.15, 0.2) is 52.3 Å². The SMILES string of the molecule is C=CCN1C(=O)/C(=C/c2ccc(-c3ccc(Cl)cc3Cl)o2)SC1=S. The molecule has 7 heteroatoms. The number of rotatable bonds is 4. The van der Waals surface area contributed by atoms with E-state index in [-0.39, 0.29) is 5.91 Å². The van der Waals surface area contributed by atoms with Crippen molar-refractivity contribution in [3.05, 3.63) is 63.7 Å². The molecule has 0 N–H and O–H groups in total. The summed E-state index contributed by atoms with van der Waals surface area (Å²) in [4.78, 5) is 14.3. The zero-order valence-electron chi connectivity index (χ0n) is 12.3. The molecule has 1 aromatic carbocycles. The van der Waals surface area contributed by atoms with E-state index >= 15 is 0 Å². The van der Waals surface area contributed by atoms with Crippen molar-refractivity contribution < 1.29 is 9.21 Å². The highest BCUT2D eigenvalue weighted by molar-refractivity contribution is 8.26. The van der Waals surface area contributed by atoms with Crippen LogP contribution in [-0.4, -0.2) is 21.7 Å². The Labute approximate surface area is 158 Å². The van der Waals surface area contributed by atoms with Gasteiger partial charge in [-0.05, 0) is 30.3 Å². The van der Waals surface area contributed by atoms with Crippen LogP contribution in [0.1, 0.15) is 5.76 Å². The van der Waals surface area contributed by atoms with Gasteiger partial charge in [-0.1, -0.05) is 53.3 Å². The molecule has 0 spiro atoms. The second kappa shape index (κ2) is 7.15. The zero-order valence-corrected chi connectivity index (χ0v) is 15.4. The number of nitrogens with zero attached hydrogens (tertiary/aromatic N) is 1. The molecule has 1 aliphatic heterocycles. The smallest absolute Gasteiger partial charge is 0.266 e. The number of carbonyl (C=O) groups excluding carboxylic acids is 1. The minimum absolute atomic E-state index is 0.146. The van der Waals surface area contributed by atoms with Crippen molar-refractivity contribution in [2.24, 2.45) is 0 Å². The fourth-order valence-corrected chi connectivity index (χ4v) is 3.94. The van der Waals surface area contributed by atoms with Crippen LogP contribution in [0.4, 0.5) is 0 Å². The summed E-state index contributed by atoms with van der Waals surface area (Å²) in [5, 5.41) is 1.06. The van der Waals surface area contributed by atoms with Gasteiger partial charge in [-0.2, -0.15) is 0 Å². The van der Waals surface area contributed by atoms with Crippen LogP contribution in [0, 0.1) is 0 Å². The first-order valence-electron chi connectivity index (χ1n) is 6.91. The summed E-state index contributed by atoms with van der Waals surface area (Å²) >= 11 is 18.5. The molecule has 3 nitrogen and oxygen atoms in total. The van der Waals surface area contributed by atoms with Crippen molar-refractivity contribution >= 4 is 63.5 Å². The molecular weight excluding hydrogens is 385 g/mol. The van der Waals surface area contributed by atoms with Crippen molar-refractivity contribution in [1.82, 2.24) is 4.90 Å². The first-order valence-corrected chi connectivity index (χ1v) is 8.89. The quantitative estimate of drug-likeness (QED) is 0.380. The van der Waals surface area contributed by atoms with Gasteiger partial charge in [0.1, 0.15) is 15.8 Å². The monoisotopic (exact) mass is 395 g/mol. The third-order valence-electron chi connectivity index (χ3n) is 3.28. The lowest BCUT2D eigenvalue weighted by Crippen LogP contribution is -2.27. The highest BCUT2D eigenvalue weighted by Gasteiger charge is 2.31. The lowest BCUT2D eigenvalue weighted by atomic mass is 10.2. The van der Waals surface area contributed by atoms with Gasteiger partial charge in [0, 0.05) is 23.2 Å². The Morgan fingerprint density at radius 1 is 1.29 bits per heavy atom. The van der Waals surface area contributed by atoms with E-state index in [0.29, 0.717) is 37.3 Å². The van der Waals surface area contributed by atoms with E-state index in [1.165, 1.54) is 16.7 Å². The Morgan fingerprint density at radius 3 is 2.79 bits per heavy atom. The van der Waals surface area contributed by atoms with E-state index in [1.807, 2.05) is 0 Å². The van der Waals surface area contributed by atoms with Crippen LogP contribution in [0.3, 0.4) is 0 Å².